The highest BCUT2D eigenvalue weighted by Gasteiger charge is 2.31. The van der Waals surface area contributed by atoms with Crippen LogP contribution in [0.3, 0.4) is 0 Å². The molecule has 28 heavy (non-hydrogen) atoms. The second kappa shape index (κ2) is 8.76. The minimum Gasteiger partial charge on any atom is -0.489 e. The Kier molecular flexibility index (Phi) is 6.37. The quantitative estimate of drug-likeness (QED) is 0.671. The van der Waals surface area contributed by atoms with Gasteiger partial charge in [0.15, 0.2) is 10.9 Å². The molecule has 0 fully saturated rings. The van der Waals surface area contributed by atoms with E-state index in [1.165, 1.54) is 0 Å². The Balaban J connectivity index is 1.87. The number of benzene rings is 2. The van der Waals surface area contributed by atoms with Gasteiger partial charge in [0.05, 0.1) is 6.04 Å². The van der Waals surface area contributed by atoms with Crippen LogP contribution in [-0.2, 0) is 11.4 Å². The predicted molar refractivity (Wildman–Crippen MR) is 116 cm³/mol. The Morgan fingerprint density at radius 1 is 1.25 bits per heavy atom. The van der Waals surface area contributed by atoms with Crippen molar-refractivity contribution < 1.29 is 9.53 Å². The molecule has 0 aromatic heterocycles. The minimum atomic E-state index is -0.289. The third-order valence-electron chi connectivity index (χ3n) is 4.78. The van der Waals surface area contributed by atoms with Gasteiger partial charge in [-0.3, -0.25) is 4.79 Å². The van der Waals surface area contributed by atoms with E-state index in [0.717, 1.165) is 28.1 Å². The van der Waals surface area contributed by atoms with Gasteiger partial charge in [-0.1, -0.05) is 35.9 Å². The fourth-order valence-corrected chi connectivity index (χ4v) is 4.04. The summed E-state index contributed by atoms with van der Waals surface area (Å²) >= 11 is 11.5. The number of rotatable bonds is 6. The van der Waals surface area contributed by atoms with E-state index in [-0.39, 0.29) is 11.8 Å². The molecule has 0 saturated carbocycles. The SMILES string of the molecule is CCN1C(=S)NC(c2cccc(OCc3cccc(Cl)c3)c2)C(C(C)=O)=C1C. The lowest BCUT2D eigenvalue weighted by molar-refractivity contribution is -0.114. The van der Waals surface area contributed by atoms with Crippen LogP contribution in [0, 0.1) is 0 Å². The van der Waals surface area contributed by atoms with Crippen LogP contribution >= 0.6 is 23.8 Å². The minimum absolute atomic E-state index is 0.0289. The summed E-state index contributed by atoms with van der Waals surface area (Å²) in [5, 5.41) is 4.62. The Bertz CT molecular complexity index is 942. The summed E-state index contributed by atoms with van der Waals surface area (Å²) in [5.41, 5.74) is 3.55. The number of ketones is 1. The molecule has 0 aliphatic carbocycles. The Morgan fingerprint density at radius 2 is 2.00 bits per heavy atom. The number of nitrogens with zero attached hydrogens (tertiary/aromatic N) is 1. The number of thiocarbonyl (C=S) groups is 1. The van der Waals surface area contributed by atoms with E-state index in [1.807, 2.05) is 67.3 Å². The zero-order valence-corrected chi connectivity index (χ0v) is 17.7. The van der Waals surface area contributed by atoms with Gasteiger partial charge in [0, 0.05) is 22.8 Å². The van der Waals surface area contributed by atoms with Crippen LogP contribution in [0.5, 0.6) is 5.75 Å². The van der Waals surface area contributed by atoms with Gasteiger partial charge in [-0.05, 0) is 68.4 Å². The Morgan fingerprint density at radius 3 is 2.68 bits per heavy atom. The fourth-order valence-electron chi connectivity index (χ4n) is 3.45. The number of hydrogen-bond acceptors (Lipinski definition) is 3. The summed E-state index contributed by atoms with van der Waals surface area (Å²) in [5.74, 6) is 0.755. The van der Waals surface area contributed by atoms with Crippen LogP contribution in [0.25, 0.3) is 0 Å². The molecular formula is C22H23ClN2O2S. The molecule has 1 N–H and O–H groups in total. The first-order chi connectivity index (χ1) is 13.4. The normalized spacial score (nSPS) is 16.8. The zero-order valence-electron chi connectivity index (χ0n) is 16.2. The maximum absolute atomic E-state index is 12.4. The van der Waals surface area contributed by atoms with Crippen molar-refractivity contribution in [2.45, 2.75) is 33.4 Å². The van der Waals surface area contributed by atoms with Crippen molar-refractivity contribution in [1.29, 1.82) is 0 Å². The number of allylic oxidation sites excluding steroid dienone is 1. The van der Waals surface area contributed by atoms with E-state index < -0.39 is 0 Å². The van der Waals surface area contributed by atoms with Gasteiger partial charge < -0.3 is 15.0 Å². The van der Waals surface area contributed by atoms with Gasteiger partial charge in [0.2, 0.25) is 0 Å². The molecule has 2 aromatic carbocycles. The van der Waals surface area contributed by atoms with E-state index in [9.17, 15) is 4.79 Å². The van der Waals surface area contributed by atoms with Crippen molar-refractivity contribution in [2.75, 3.05) is 6.54 Å². The topological polar surface area (TPSA) is 41.6 Å². The molecule has 3 rings (SSSR count). The highest BCUT2D eigenvalue weighted by atomic mass is 35.5. The predicted octanol–water partition coefficient (Wildman–Crippen LogP) is 5.03. The number of nitrogens with one attached hydrogen (secondary N) is 1. The standard InChI is InChI=1S/C22H23ClN2O2S/c1-4-25-14(2)20(15(3)26)21(24-22(25)28)17-8-6-10-19(12-17)27-13-16-7-5-9-18(23)11-16/h5-12,21H,4,13H2,1-3H3,(H,24,28). The van der Waals surface area contributed by atoms with Gasteiger partial charge in [0.25, 0.3) is 0 Å². The van der Waals surface area contributed by atoms with E-state index in [0.29, 0.717) is 23.3 Å². The molecule has 1 unspecified atom stereocenters. The van der Waals surface area contributed by atoms with Gasteiger partial charge in [-0.2, -0.15) is 0 Å². The van der Waals surface area contributed by atoms with Crippen molar-refractivity contribution in [2.24, 2.45) is 0 Å². The number of carbonyl (C=O) groups is 1. The van der Waals surface area contributed by atoms with Gasteiger partial charge in [-0.25, -0.2) is 0 Å². The summed E-state index contributed by atoms with van der Waals surface area (Å²) in [4.78, 5) is 14.3. The first-order valence-corrected chi connectivity index (χ1v) is 9.96. The lowest BCUT2D eigenvalue weighted by atomic mass is 9.92. The Labute approximate surface area is 176 Å². The van der Waals surface area contributed by atoms with Crippen molar-refractivity contribution in [3.63, 3.8) is 0 Å². The van der Waals surface area contributed by atoms with Crippen LogP contribution in [0.1, 0.15) is 37.9 Å². The molecule has 146 valence electrons. The van der Waals surface area contributed by atoms with Crippen molar-refractivity contribution in [3.05, 3.63) is 76.0 Å². The highest BCUT2D eigenvalue weighted by molar-refractivity contribution is 7.80. The number of hydrogen-bond donors (Lipinski definition) is 1. The van der Waals surface area contributed by atoms with Crippen molar-refractivity contribution in [1.82, 2.24) is 10.2 Å². The molecule has 0 radical (unpaired) electrons. The van der Waals surface area contributed by atoms with E-state index in [1.54, 1.807) is 6.92 Å². The molecule has 1 heterocycles. The van der Waals surface area contributed by atoms with Gasteiger partial charge in [0.1, 0.15) is 12.4 Å². The van der Waals surface area contributed by atoms with Crippen LogP contribution in [-0.4, -0.2) is 22.3 Å². The zero-order chi connectivity index (χ0) is 20.3. The molecule has 0 spiro atoms. The Hall–Kier alpha value is -2.37. The summed E-state index contributed by atoms with van der Waals surface area (Å²) in [6.45, 7) is 6.68. The first-order valence-electron chi connectivity index (χ1n) is 9.17. The molecular weight excluding hydrogens is 392 g/mol. The number of carbonyl (C=O) groups excluding carboxylic acids is 1. The van der Waals surface area contributed by atoms with Crippen molar-refractivity contribution >= 4 is 34.7 Å². The number of Topliss-reactive ketones (excluding diaryl/α,β-unsaturated/α-hetero) is 1. The maximum Gasteiger partial charge on any atom is 0.173 e. The molecule has 6 heteroatoms. The molecule has 1 aliphatic rings. The van der Waals surface area contributed by atoms with Crippen LogP contribution in [0.4, 0.5) is 0 Å². The monoisotopic (exact) mass is 414 g/mol. The molecule has 1 atom stereocenters. The fraction of sp³-hybridized carbons (Fsp3) is 0.273. The van der Waals surface area contributed by atoms with E-state index in [2.05, 4.69) is 5.32 Å². The summed E-state index contributed by atoms with van der Waals surface area (Å²) in [6.07, 6.45) is 0. The summed E-state index contributed by atoms with van der Waals surface area (Å²) in [6, 6.07) is 15.0. The molecule has 2 aromatic rings. The molecule has 0 saturated heterocycles. The molecule has 0 bridgehead atoms. The molecule has 1 aliphatic heterocycles. The van der Waals surface area contributed by atoms with E-state index in [4.69, 9.17) is 28.6 Å². The van der Waals surface area contributed by atoms with Crippen LogP contribution < -0.4 is 10.1 Å². The van der Waals surface area contributed by atoms with Crippen molar-refractivity contribution in [3.8, 4) is 5.75 Å². The average molecular weight is 415 g/mol. The van der Waals surface area contributed by atoms with E-state index >= 15 is 0 Å². The lowest BCUT2D eigenvalue weighted by Crippen LogP contribution is -2.47. The second-order valence-corrected chi connectivity index (χ2v) is 7.50. The summed E-state index contributed by atoms with van der Waals surface area (Å²) < 4.78 is 5.94. The largest absolute Gasteiger partial charge is 0.489 e. The van der Waals surface area contributed by atoms with Gasteiger partial charge in [-0.15, -0.1) is 0 Å². The van der Waals surface area contributed by atoms with Crippen LogP contribution in [0.15, 0.2) is 59.8 Å². The van der Waals surface area contributed by atoms with Crippen LogP contribution in [0.2, 0.25) is 5.02 Å². The lowest BCUT2D eigenvalue weighted by Gasteiger charge is -2.37. The smallest absolute Gasteiger partial charge is 0.173 e. The first kappa shape index (κ1) is 20.4. The second-order valence-electron chi connectivity index (χ2n) is 6.67. The highest BCUT2D eigenvalue weighted by Crippen LogP contribution is 2.32. The third-order valence-corrected chi connectivity index (χ3v) is 5.35. The third kappa shape index (κ3) is 4.37. The molecule has 4 nitrogen and oxygen atoms in total. The maximum atomic E-state index is 12.4. The summed E-state index contributed by atoms with van der Waals surface area (Å²) in [7, 11) is 0. The molecule has 0 amide bonds. The number of halogens is 1. The van der Waals surface area contributed by atoms with Gasteiger partial charge >= 0.3 is 0 Å². The number of ether oxygens (including phenoxy) is 1. The average Bonchev–Trinajstić information content (AvgIpc) is 2.66.